The van der Waals surface area contributed by atoms with Crippen LogP contribution in [-0.2, 0) is 0 Å². The summed E-state index contributed by atoms with van der Waals surface area (Å²) in [5.41, 5.74) is 0.0185. The number of halogens is 2. The van der Waals surface area contributed by atoms with Gasteiger partial charge in [-0.25, -0.2) is 9.37 Å². The lowest BCUT2D eigenvalue weighted by molar-refractivity contribution is 0.551. The minimum Gasteiger partial charge on any atom is -0.274 e. The normalized spacial score (nSPS) is 10.7. The molecule has 56 valence electrons. The van der Waals surface area contributed by atoms with E-state index >= 15 is 0 Å². The lowest BCUT2D eigenvalue weighted by Gasteiger charge is -1.94. The van der Waals surface area contributed by atoms with Gasteiger partial charge in [-0.3, -0.25) is 4.40 Å². The first-order valence-electron chi connectivity index (χ1n) is 3.06. The van der Waals surface area contributed by atoms with Gasteiger partial charge >= 0.3 is 0 Å². The van der Waals surface area contributed by atoms with Crippen LogP contribution in [0, 0.1) is 11.8 Å². The molecule has 0 aromatic carbocycles. The van der Waals surface area contributed by atoms with Crippen LogP contribution in [0.2, 0.25) is 0 Å². The predicted molar refractivity (Wildman–Crippen MR) is 35.1 cm³/mol. The molecule has 0 atom stereocenters. The van der Waals surface area contributed by atoms with Crippen molar-refractivity contribution >= 4 is 5.65 Å². The molecule has 0 N–H and O–H groups in total. The minimum atomic E-state index is -0.517. The number of pyridine rings is 1. The maximum absolute atomic E-state index is 12.8. The van der Waals surface area contributed by atoms with Gasteiger partial charge in [0.05, 0.1) is 0 Å². The number of nitrogens with zero attached hydrogens (tertiary/aromatic N) is 2. The summed E-state index contributed by atoms with van der Waals surface area (Å²) in [6.45, 7) is 0. The Morgan fingerprint density at radius 3 is 2.82 bits per heavy atom. The van der Waals surface area contributed by atoms with E-state index in [-0.39, 0.29) is 5.65 Å². The summed E-state index contributed by atoms with van der Waals surface area (Å²) >= 11 is 0. The van der Waals surface area contributed by atoms with Gasteiger partial charge in [0.15, 0.2) is 17.4 Å². The second-order valence-electron chi connectivity index (χ2n) is 2.12. The van der Waals surface area contributed by atoms with Gasteiger partial charge in [-0.2, -0.15) is 4.39 Å². The molecule has 0 aliphatic rings. The van der Waals surface area contributed by atoms with Crippen molar-refractivity contribution in [2.24, 2.45) is 0 Å². The van der Waals surface area contributed by atoms with Crippen LogP contribution in [0.25, 0.3) is 5.65 Å². The van der Waals surface area contributed by atoms with Crippen molar-refractivity contribution in [3.05, 3.63) is 36.3 Å². The van der Waals surface area contributed by atoms with Gasteiger partial charge in [0, 0.05) is 12.4 Å². The number of hydrogen-bond acceptors (Lipinski definition) is 1. The van der Waals surface area contributed by atoms with Crippen LogP contribution >= 0.6 is 0 Å². The van der Waals surface area contributed by atoms with Crippen molar-refractivity contribution in [2.75, 3.05) is 0 Å². The maximum atomic E-state index is 12.8. The van der Waals surface area contributed by atoms with Crippen LogP contribution < -0.4 is 0 Å². The molecule has 2 aromatic rings. The van der Waals surface area contributed by atoms with Gasteiger partial charge in [-0.1, -0.05) is 0 Å². The molecule has 0 radical (unpaired) electrons. The fourth-order valence-electron chi connectivity index (χ4n) is 0.949. The van der Waals surface area contributed by atoms with E-state index in [0.29, 0.717) is 0 Å². The lowest BCUT2D eigenvalue weighted by atomic mass is 10.4. The average Bonchev–Trinajstić information content (AvgIpc) is 2.45. The quantitative estimate of drug-likeness (QED) is 0.527. The second-order valence-corrected chi connectivity index (χ2v) is 2.12. The molecule has 2 heterocycles. The van der Waals surface area contributed by atoms with Crippen molar-refractivity contribution in [1.82, 2.24) is 9.38 Å². The number of hydrogen-bond donors (Lipinski definition) is 0. The monoisotopic (exact) mass is 154 g/mol. The second kappa shape index (κ2) is 2.02. The molecule has 0 spiro atoms. The summed E-state index contributed by atoms with van der Waals surface area (Å²) in [7, 11) is 0. The Hall–Kier alpha value is -1.45. The standard InChI is InChI=1S/C7H4F2N2/c8-5-1-2-6(9)11-4-3-10-7(5)11/h1-4H. The Morgan fingerprint density at radius 1 is 1.27 bits per heavy atom. The lowest BCUT2D eigenvalue weighted by Crippen LogP contribution is -1.92. The zero-order valence-electron chi connectivity index (χ0n) is 5.46. The van der Waals surface area contributed by atoms with Gasteiger partial charge in [0.2, 0.25) is 0 Å². The molecule has 11 heavy (non-hydrogen) atoms. The highest BCUT2D eigenvalue weighted by atomic mass is 19.1. The molecule has 2 aromatic heterocycles. The Kier molecular flexibility index (Phi) is 1.15. The van der Waals surface area contributed by atoms with E-state index in [1.165, 1.54) is 12.4 Å². The van der Waals surface area contributed by atoms with Crippen LogP contribution in [0.1, 0.15) is 0 Å². The van der Waals surface area contributed by atoms with Crippen molar-refractivity contribution in [2.45, 2.75) is 0 Å². The summed E-state index contributed by atoms with van der Waals surface area (Å²) in [4.78, 5) is 3.63. The average molecular weight is 154 g/mol. The van der Waals surface area contributed by atoms with Crippen molar-refractivity contribution < 1.29 is 8.78 Å². The van der Waals surface area contributed by atoms with E-state index in [2.05, 4.69) is 4.98 Å². The molecule has 0 aliphatic carbocycles. The third-order valence-electron chi connectivity index (χ3n) is 1.45. The SMILES string of the molecule is Fc1ccc(F)n2ccnc12. The van der Waals surface area contributed by atoms with Crippen molar-refractivity contribution in [3.63, 3.8) is 0 Å². The molecule has 0 unspecified atom stereocenters. The first-order chi connectivity index (χ1) is 5.29. The molecule has 4 heteroatoms. The fraction of sp³-hybridized carbons (Fsp3) is 0. The van der Waals surface area contributed by atoms with E-state index in [1.807, 2.05) is 0 Å². The van der Waals surface area contributed by atoms with Crippen LogP contribution in [0.4, 0.5) is 8.78 Å². The van der Waals surface area contributed by atoms with E-state index in [1.54, 1.807) is 0 Å². The number of fused-ring (bicyclic) bond motifs is 1. The summed E-state index contributed by atoms with van der Waals surface area (Å²) in [5, 5.41) is 0. The summed E-state index contributed by atoms with van der Waals surface area (Å²) in [6, 6.07) is 2.11. The molecule has 0 saturated heterocycles. The molecule has 0 saturated carbocycles. The highest BCUT2D eigenvalue weighted by molar-refractivity contribution is 5.39. The van der Waals surface area contributed by atoms with Crippen LogP contribution in [0.3, 0.4) is 0 Å². The smallest absolute Gasteiger partial charge is 0.199 e. The van der Waals surface area contributed by atoms with E-state index < -0.39 is 11.8 Å². The van der Waals surface area contributed by atoms with Crippen LogP contribution in [0.15, 0.2) is 24.5 Å². The molecule has 0 aliphatic heterocycles. The molecule has 2 nitrogen and oxygen atoms in total. The van der Waals surface area contributed by atoms with E-state index in [9.17, 15) is 8.78 Å². The highest BCUT2D eigenvalue weighted by Gasteiger charge is 2.03. The highest BCUT2D eigenvalue weighted by Crippen LogP contribution is 2.08. The van der Waals surface area contributed by atoms with E-state index in [0.717, 1.165) is 16.5 Å². The topological polar surface area (TPSA) is 17.3 Å². The Morgan fingerprint density at radius 2 is 2.09 bits per heavy atom. The Balaban J connectivity index is 2.96. The zero-order chi connectivity index (χ0) is 7.84. The molecule has 0 amide bonds. The number of aromatic nitrogens is 2. The van der Waals surface area contributed by atoms with Gasteiger partial charge in [0.1, 0.15) is 0 Å². The molecular formula is C7H4F2N2. The van der Waals surface area contributed by atoms with Gasteiger partial charge < -0.3 is 0 Å². The third-order valence-corrected chi connectivity index (χ3v) is 1.45. The van der Waals surface area contributed by atoms with Crippen molar-refractivity contribution in [3.8, 4) is 0 Å². The first kappa shape index (κ1) is 6.27. The first-order valence-corrected chi connectivity index (χ1v) is 3.06. The van der Waals surface area contributed by atoms with Crippen LogP contribution in [-0.4, -0.2) is 9.38 Å². The van der Waals surface area contributed by atoms with Gasteiger partial charge in [0.25, 0.3) is 0 Å². The third kappa shape index (κ3) is 0.790. The van der Waals surface area contributed by atoms with E-state index in [4.69, 9.17) is 0 Å². The van der Waals surface area contributed by atoms with Crippen molar-refractivity contribution in [1.29, 1.82) is 0 Å². The summed E-state index contributed by atoms with van der Waals surface area (Å²) < 4.78 is 26.6. The molecule has 2 rings (SSSR count). The van der Waals surface area contributed by atoms with Gasteiger partial charge in [-0.15, -0.1) is 0 Å². The largest absolute Gasteiger partial charge is 0.274 e. The molecule has 0 fully saturated rings. The molecule has 0 bridgehead atoms. The number of imidazole rings is 1. The summed E-state index contributed by atoms with van der Waals surface area (Å²) in [5.74, 6) is -1.03. The van der Waals surface area contributed by atoms with Gasteiger partial charge in [-0.05, 0) is 12.1 Å². The maximum Gasteiger partial charge on any atom is 0.199 e. The fourth-order valence-corrected chi connectivity index (χ4v) is 0.949. The Labute approximate surface area is 61.1 Å². The summed E-state index contributed by atoms with van der Waals surface area (Å²) in [6.07, 6.45) is 2.72. The van der Waals surface area contributed by atoms with Crippen LogP contribution in [0.5, 0.6) is 0 Å². The Bertz CT molecular complexity index is 358. The molecular weight excluding hydrogens is 150 g/mol. The zero-order valence-corrected chi connectivity index (χ0v) is 5.46. The predicted octanol–water partition coefficient (Wildman–Crippen LogP) is 1.61. The number of rotatable bonds is 0. The minimum absolute atomic E-state index is 0.0185.